The summed E-state index contributed by atoms with van der Waals surface area (Å²) in [5, 5.41) is 49.6. The van der Waals surface area contributed by atoms with E-state index in [1.165, 1.54) is 11.0 Å². The van der Waals surface area contributed by atoms with Crippen molar-refractivity contribution in [1.29, 1.82) is 0 Å². The first-order valence-corrected chi connectivity index (χ1v) is 10.2. The highest BCUT2D eigenvalue weighted by Gasteiger charge is 2.47. The first kappa shape index (κ1) is 27.2. The zero-order chi connectivity index (χ0) is 23.4. The van der Waals surface area contributed by atoms with E-state index in [1.807, 2.05) is 0 Å². The quantitative estimate of drug-likeness (QED) is 0.0882. The number of hydrogen-bond acceptors (Lipinski definition) is 10. The summed E-state index contributed by atoms with van der Waals surface area (Å²) in [6.07, 6.45) is -3.18. The van der Waals surface area contributed by atoms with Gasteiger partial charge in [0.2, 0.25) is 5.91 Å². The van der Waals surface area contributed by atoms with Crippen LogP contribution in [-0.4, -0.2) is 86.8 Å². The lowest BCUT2D eigenvalue weighted by atomic mass is 9.98. The summed E-state index contributed by atoms with van der Waals surface area (Å²) in [5.41, 5.74) is 2.53. The Kier molecular flexibility index (Phi) is 12.5. The van der Waals surface area contributed by atoms with Crippen molar-refractivity contribution >= 4 is 17.7 Å². The van der Waals surface area contributed by atoms with Gasteiger partial charge in [0.15, 0.2) is 12.4 Å². The Hall–Kier alpha value is -1.87. The molecule has 0 spiro atoms. The maximum atomic E-state index is 12.5. The van der Waals surface area contributed by atoms with Crippen LogP contribution in [0.25, 0.3) is 0 Å². The lowest BCUT2D eigenvalue weighted by molar-refractivity contribution is -0.290. The van der Waals surface area contributed by atoms with E-state index in [-0.39, 0.29) is 6.61 Å². The fraction of sp³-hybridized carbons (Fsp3) is 0.833. The van der Waals surface area contributed by atoms with E-state index in [0.717, 1.165) is 32.1 Å². The van der Waals surface area contributed by atoms with Gasteiger partial charge in [-0.05, 0) is 6.42 Å². The molecule has 1 rings (SSSR count). The number of unbranched alkanes of at least 4 members (excludes halogenated alkanes) is 5. The Balaban J connectivity index is 2.68. The molecule has 1 unspecified atom stereocenters. The molecule has 1 heterocycles. The van der Waals surface area contributed by atoms with Crippen LogP contribution in [0.2, 0.25) is 0 Å². The predicted molar refractivity (Wildman–Crippen MR) is 102 cm³/mol. The van der Waals surface area contributed by atoms with Crippen molar-refractivity contribution in [3.05, 3.63) is 0 Å². The minimum atomic E-state index is -1.85. The van der Waals surface area contributed by atoms with Crippen molar-refractivity contribution in [3.63, 3.8) is 0 Å². The average molecular weight is 451 g/mol. The highest BCUT2D eigenvalue weighted by Crippen LogP contribution is 2.23. The molecule has 13 heteroatoms. The number of amides is 3. The van der Waals surface area contributed by atoms with E-state index < -0.39 is 60.9 Å². The molecule has 180 valence electrons. The lowest BCUT2D eigenvalue weighted by Crippen LogP contribution is -2.63. The predicted octanol–water partition coefficient (Wildman–Crippen LogP) is -1.94. The summed E-state index contributed by atoms with van der Waals surface area (Å²) in [7, 11) is 0. The smallest absolute Gasteiger partial charge is 0.266 e. The highest BCUT2D eigenvalue weighted by atomic mass is 16.7. The number of aliphatic hydroxyl groups excluding tert-OH is 3. The lowest BCUT2D eigenvalue weighted by Gasteiger charge is -2.39. The van der Waals surface area contributed by atoms with Gasteiger partial charge in [0, 0.05) is 6.61 Å². The van der Waals surface area contributed by atoms with E-state index in [4.69, 9.17) is 19.9 Å². The van der Waals surface area contributed by atoms with E-state index in [0.29, 0.717) is 6.42 Å². The summed E-state index contributed by atoms with van der Waals surface area (Å²) >= 11 is 0. The number of carbonyl (C=O) groups is 3. The third-order valence-electron chi connectivity index (χ3n) is 4.87. The van der Waals surface area contributed by atoms with Crippen LogP contribution in [0.1, 0.15) is 51.9 Å². The first-order valence-electron chi connectivity index (χ1n) is 10.2. The van der Waals surface area contributed by atoms with E-state index in [2.05, 4.69) is 12.2 Å². The SMILES string of the molecule is CCCCCCCCO[C@@H]1O[C@H](C(=O)NC(CC(=O)NO)C(=O)NO)[C@@H](O)[C@H](O)[C@H]1O. The Morgan fingerprint density at radius 1 is 0.935 bits per heavy atom. The molecule has 3 amide bonds. The Labute approximate surface area is 179 Å². The largest absolute Gasteiger partial charge is 0.387 e. The topological polar surface area (TPSA) is 207 Å². The van der Waals surface area contributed by atoms with E-state index >= 15 is 0 Å². The van der Waals surface area contributed by atoms with Gasteiger partial charge < -0.3 is 30.1 Å². The Bertz CT molecular complexity index is 579. The fourth-order valence-corrected chi connectivity index (χ4v) is 3.06. The molecule has 1 fully saturated rings. The molecule has 8 N–H and O–H groups in total. The zero-order valence-electron chi connectivity index (χ0n) is 17.4. The second-order valence-corrected chi connectivity index (χ2v) is 7.31. The van der Waals surface area contributed by atoms with Gasteiger partial charge >= 0.3 is 0 Å². The normalized spacial score (nSPS) is 26.7. The summed E-state index contributed by atoms with van der Waals surface area (Å²) in [4.78, 5) is 35.4. The van der Waals surface area contributed by atoms with Crippen LogP contribution in [0, 0.1) is 0 Å². The number of aliphatic hydroxyl groups is 3. The second-order valence-electron chi connectivity index (χ2n) is 7.31. The molecule has 6 atom stereocenters. The molecule has 0 bridgehead atoms. The maximum absolute atomic E-state index is 12.5. The zero-order valence-corrected chi connectivity index (χ0v) is 17.4. The molecule has 0 radical (unpaired) electrons. The standard InChI is InChI=1S/C18H33N3O10/c1-2-3-4-5-6-7-8-30-18-14(25)12(23)13(24)15(31-18)17(27)19-10(16(26)21-29)9-11(22)20-28/h10,12-15,18,23-25,28-29H,2-9H2,1H3,(H,19,27)(H,20,22)(H,21,26)/t10?,12-,13-,14+,15-,18+/m0/s1. The average Bonchev–Trinajstić information content (AvgIpc) is 2.76. The molecule has 0 aromatic carbocycles. The van der Waals surface area contributed by atoms with Gasteiger partial charge in [-0.1, -0.05) is 39.0 Å². The molecule has 1 aliphatic heterocycles. The number of rotatable bonds is 13. The van der Waals surface area contributed by atoms with Gasteiger partial charge in [0.05, 0.1) is 6.42 Å². The Morgan fingerprint density at radius 3 is 2.19 bits per heavy atom. The first-order chi connectivity index (χ1) is 14.8. The van der Waals surface area contributed by atoms with E-state index in [9.17, 15) is 29.7 Å². The van der Waals surface area contributed by atoms with Crippen molar-refractivity contribution < 1.29 is 49.6 Å². The number of hydrogen-bond donors (Lipinski definition) is 8. The number of ether oxygens (including phenoxy) is 2. The summed E-state index contributed by atoms with van der Waals surface area (Å²) in [6.45, 7) is 2.30. The van der Waals surface area contributed by atoms with Crippen LogP contribution in [0.4, 0.5) is 0 Å². The second kappa shape index (κ2) is 14.2. The molecular formula is C18H33N3O10. The number of nitrogens with one attached hydrogen (secondary N) is 3. The van der Waals surface area contributed by atoms with Crippen LogP contribution in [-0.2, 0) is 23.9 Å². The van der Waals surface area contributed by atoms with Gasteiger partial charge in [0.25, 0.3) is 11.8 Å². The fourth-order valence-electron chi connectivity index (χ4n) is 3.06. The summed E-state index contributed by atoms with van der Waals surface area (Å²) in [6, 6.07) is -1.62. The molecule has 1 saturated heterocycles. The molecule has 0 aromatic rings. The number of carbonyl (C=O) groups excluding carboxylic acids is 3. The molecule has 1 aliphatic rings. The minimum absolute atomic E-state index is 0.192. The van der Waals surface area contributed by atoms with Gasteiger partial charge in [0.1, 0.15) is 24.4 Å². The van der Waals surface area contributed by atoms with Crippen LogP contribution in [0.15, 0.2) is 0 Å². The molecule has 0 aromatic heterocycles. The van der Waals surface area contributed by atoms with Gasteiger partial charge in [-0.2, -0.15) is 0 Å². The van der Waals surface area contributed by atoms with Crippen molar-refractivity contribution in [2.75, 3.05) is 6.61 Å². The van der Waals surface area contributed by atoms with E-state index in [1.54, 1.807) is 0 Å². The van der Waals surface area contributed by atoms with Crippen LogP contribution >= 0.6 is 0 Å². The maximum Gasteiger partial charge on any atom is 0.266 e. The van der Waals surface area contributed by atoms with Crippen LogP contribution in [0.3, 0.4) is 0 Å². The van der Waals surface area contributed by atoms with Crippen molar-refractivity contribution in [2.24, 2.45) is 0 Å². The molecule has 0 aliphatic carbocycles. The minimum Gasteiger partial charge on any atom is -0.387 e. The Morgan fingerprint density at radius 2 is 1.58 bits per heavy atom. The van der Waals surface area contributed by atoms with Gasteiger partial charge in [-0.25, -0.2) is 11.0 Å². The third-order valence-corrected chi connectivity index (χ3v) is 4.87. The van der Waals surface area contributed by atoms with Crippen LogP contribution < -0.4 is 16.3 Å². The van der Waals surface area contributed by atoms with Crippen LogP contribution in [0.5, 0.6) is 0 Å². The molecule has 31 heavy (non-hydrogen) atoms. The van der Waals surface area contributed by atoms with Crippen molar-refractivity contribution in [1.82, 2.24) is 16.3 Å². The highest BCUT2D eigenvalue weighted by molar-refractivity contribution is 5.92. The summed E-state index contributed by atoms with van der Waals surface area (Å²) < 4.78 is 10.7. The van der Waals surface area contributed by atoms with Gasteiger partial charge in [-0.15, -0.1) is 0 Å². The third kappa shape index (κ3) is 8.65. The molecule has 0 saturated carbocycles. The van der Waals surface area contributed by atoms with Crippen molar-refractivity contribution in [2.45, 2.75) is 88.6 Å². The molecular weight excluding hydrogens is 418 g/mol. The summed E-state index contributed by atoms with van der Waals surface area (Å²) in [5.74, 6) is -3.31. The number of hydroxylamine groups is 2. The monoisotopic (exact) mass is 451 g/mol. The van der Waals surface area contributed by atoms with Gasteiger partial charge in [-0.3, -0.25) is 24.8 Å². The molecule has 13 nitrogen and oxygen atoms in total. The van der Waals surface area contributed by atoms with Crippen molar-refractivity contribution in [3.8, 4) is 0 Å².